The van der Waals surface area contributed by atoms with Gasteiger partial charge in [0.2, 0.25) is 0 Å². The normalized spacial score (nSPS) is 23.7. The number of aromatic nitrogens is 2. The number of nitrogens with zero attached hydrogens (tertiary/aromatic N) is 4. The molecule has 1 fully saturated rings. The molecule has 2 rings (SSSR count). The molecule has 1 aliphatic heterocycles. The number of anilines is 2. The summed E-state index contributed by atoms with van der Waals surface area (Å²) in [7, 11) is 4.14. The first-order valence-corrected chi connectivity index (χ1v) is 7.88. The summed E-state index contributed by atoms with van der Waals surface area (Å²) in [6, 6.07) is 1.06. The molecule has 2 heterocycles. The van der Waals surface area contributed by atoms with E-state index in [1.807, 2.05) is 7.05 Å². The van der Waals surface area contributed by atoms with E-state index in [9.17, 15) is 0 Å². The van der Waals surface area contributed by atoms with Crippen LogP contribution >= 0.6 is 0 Å². The van der Waals surface area contributed by atoms with Gasteiger partial charge in [-0.15, -0.1) is 0 Å². The van der Waals surface area contributed by atoms with E-state index < -0.39 is 0 Å². The monoisotopic (exact) mass is 291 g/mol. The second kappa shape index (κ2) is 6.18. The maximum Gasteiger partial charge on any atom is 0.137 e. The van der Waals surface area contributed by atoms with Crippen molar-refractivity contribution in [1.82, 2.24) is 14.9 Å². The minimum atomic E-state index is 0.332. The van der Waals surface area contributed by atoms with Crippen molar-refractivity contribution in [1.29, 1.82) is 0 Å². The quantitative estimate of drug-likeness (QED) is 0.927. The highest BCUT2D eigenvalue weighted by Gasteiger charge is 2.29. The van der Waals surface area contributed by atoms with Gasteiger partial charge in [0.05, 0.1) is 0 Å². The van der Waals surface area contributed by atoms with Crippen LogP contribution in [0.1, 0.15) is 45.0 Å². The predicted octanol–water partition coefficient (Wildman–Crippen LogP) is 2.48. The Bertz CT molecular complexity index is 488. The molecule has 118 valence electrons. The first-order valence-electron chi connectivity index (χ1n) is 7.88. The molecule has 0 amide bonds. The lowest BCUT2D eigenvalue weighted by molar-refractivity contribution is 0.169. The summed E-state index contributed by atoms with van der Waals surface area (Å²) in [5.41, 5.74) is 1.14. The highest BCUT2D eigenvalue weighted by molar-refractivity contribution is 5.59. The topological polar surface area (TPSA) is 44.3 Å². The molecule has 1 saturated heterocycles. The van der Waals surface area contributed by atoms with Crippen LogP contribution in [0.2, 0.25) is 0 Å². The van der Waals surface area contributed by atoms with Gasteiger partial charge in [-0.2, -0.15) is 0 Å². The Balaban J connectivity index is 2.40. The van der Waals surface area contributed by atoms with E-state index in [0.717, 1.165) is 36.1 Å². The van der Waals surface area contributed by atoms with Crippen LogP contribution in [-0.4, -0.2) is 54.1 Å². The molecule has 1 aliphatic rings. The summed E-state index contributed by atoms with van der Waals surface area (Å²) in [4.78, 5) is 14.3. The van der Waals surface area contributed by atoms with Crippen molar-refractivity contribution in [3.8, 4) is 0 Å². The van der Waals surface area contributed by atoms with E-state index in [1.165, 1.54) is 0 Å². The Labute approximate surface area is 128 Å². The van der Waals surface area contributed by atoms with Gasteiger partial charge >= 0.3 is 0 Å². The molecule has 0 aliphatic carbocycles. The molecule has 2 atom stereocenters. The standard InChI is InChI=1S/C16H29N5/c1-10(2)14-18-15(17-6)13(5)16(19-14)21-8-11(3)20(7)12(4)9-21/h10-12H,8-9H2,1-7H3,(H,17,18,19). The molecule has 0 bridgehead atoms. The van der Waals surface area contributed by atoms with Crippen molar-refractivity contribution in [3.05, 3.63) is 11.4 Å². The molecule has 2 unspecified atom stereocenters. The summed E-state index contributed by atoms with van der Waals surface area (Å²) in [5, 5.41) is 3.21. The predicted molar refractivity (Wildman–Crippen MR) is 89.3 cm³/mol. The minimum Gasteiger partial charge on any atom is -0.373 e. The maximum absolute atomic E-state index is 4.85. The second-order valence-corrected chi connectivity index (χ2v) is 6.55. The van der Waals surface area contributed by atoms with E-state index >= 15 is 0 Å². The number of hydrogen-bond donors (Lipinski definition) is 1. The number of rotatable bonds is 3. The number of piperazine rings is 1. The van der Waals surface area contributed by atoms with Crippen molar-refractivity contribution >= 4 is 11.6 Å². The van der Waals surface area contributed by atoms with Crippen molar-refractivity contribution in [3.63, 3.8) is 0 Å². The van der Waals surface area contributed by atoms with E-state index in [0.29, 0.717) is 18.0 Å². The lowest BCUT2D eigenvalue weighted by Crippen LogP contribution is -2.55. The Morgan fingerprint density at radius 2 is 1.71 bits per heavy atom. The van der Waals surface area contributed by atoms with Crippen molar-refractivity contribution in [2.24, 2.45) is 0 Å². The molecular formula is C16H29N5. The van der Waals surface area contributed by atoms with Crippen LogP contribution in [0.15, 0.2) is 0 Å². The zero-order valence-electron chi connectivity index (χ0n) is 14.4. The lowest BCUT2D eigenvalue weighted by atomic mass is 10.1. The first-order chi connectivity index (χ1) is 9.85. The maximum atomic E-state index is 4.85. The first kappa shape index (κ1) is 16.0. The molecule has 5 heteroatoms. The molecule has 0 aromatic carbocycles. The Morgan fingerprint density at radius 3 is 2.19 bits per heavy atom. The largest absolute Gasteiger partial charge is 0.373 e. The van der Waals surface area contributed by atoms with Gasteiger partial charge in [-0.1, -0.05) is 13.8 Å². The van der Waals surface area contributed by atoms with Gasteiger partial charge in [-0.05, 0) is 27.8 Å². The average Bonchev–Trinajstić information content (AvgIpc) is 2.44. The third-order valence-corrected chi connectivity index (χ3v) is 4.55. The van der Waals surface area contributed by atoms with Crippen molar-refractivity contribution in [2.45, 2.75) is 52.6 Å². The zero-order valence-corrected chi connectivity index (χ0v) is 14.4. The van der Waals surface area contributed by atoms with Gasteiger partial charge in [0.1, 0.15) is 17.5 Å². The van der Waals surface area contributed by atoms with Crippen molar-refractivity contribution < 1.29 is 0 Å². The molecular weight excluding hydrogens is 262 g/mol. The van der Waals surface area contributed by atoms with Gasteiger partial charge in [0.25, 0.3) is 0 Å². The number of likely N-dealkylation sites (N-methyl/N-ethyl adjacent to an activating group) is 1. The molecule has 0 saturated carbocycles. The molecule has 5 nitrogen and oxygen atoms in total. The minimum absolute atomic E-state index is 0.332. The van der Waals surface area contributed by atoms with Crippen LogP contribution in [0.25, 0.3) is 0 Å². The van der Waals surface area contributed by atoms with E-state index in [-0.39, 0.29) is 0 Å². The SMILES string of the molecule is CNc1nc(C(C)C)nc(N2CC(C)N(C)C(C)C2)c1C. The van der Waals surface area contributed by atoms with E-state index in [1.54, 1.807) is 0 Å². The zero-order chi connectivity index (χ0) is 15.7. The Morgan fingerprint density at radius 1 is 1.14 bits per heavy atom. The lowest BCUT2D eigenvalue weighted by Gasteiger charge is -2.43. The van der Waals surface area contributed by atoms with Crippen LogP contribution in [-0.2, 0) is 0 Å². The summed E-state index contributed by atoms with van der Waals surface area (Å²) in [5.74, 6) is 3.28. The van der Waals surface area contributed by atoms with Crippen LogP contribution in [0, 0.1) is 6.92 Å². The molecule has 0 spiro atoms. The summed E-state index contributed by atoms with van der Waals surface area (Å²) in [6.45, 7) is 13.0. The average molecular weight is 291 g/mol. The van der Waals surface area contributed by atoms with Crippen LogP contribution in [0.3, 0.4) is 0 Å². The number of hydrogen-bond acceptors (Lipinski definition) is 5. The third-order valence-electron chi connectivity index (χ3n) is 4.55. The fraction of sp³-hybridized carbons (Fsp3) is 0.750. The smallest absolute Gasteiger partial charge is 0.137 e. The van der Waals surface area contributed by atoms with Gasteiger partial charge in [0, 0.05) is 43.7 Å². The number of nitrogens with one attached hydrogen (secondary N) is 1. The van der Waals surface area contributed by atoms with Crippen molar-refractivity contribution in [2.75, 3.05) is 37.4 Å². The fourth-order valence-electron chi connectivity index (χ4n) is 2.91. The molecule has 1 N–H and O–H groups in total. The van der Waals surface area contributed by atoms with Gasteiger partial charge in [-0.3, -0.25) is 4.90 Å². The molecule has 1 aromatic heterocycles. The molecule has 21 heavy (non-hydrogen) atoms. The van der Waals surface area contributed by atoms with Crippen LogP contribution < -0.4 is 10.2 Å². The summed E-state index contributed by atoms with van der Waals surface area (Å²) in [6.07, 6.45) is 0. The molecule has 1 aromatic rings. The Hall–Kier alpha value is -1.36. The van der Waals surface area contributed by atoms with E-state index in [4.69, 9.17) is 4.98 Å². The van der Waals surface area contributed by atoms with Gasteiger partial charge < -0.3 is 10.2 Å². The highest BCUT2D eigenvalue weighted by Crippen LogP contribution is 2.28. The van der Waals surface area contributed by atoms with Gasteiger partial charge in [-0.25, -0.2) is 9.97 Å². The second-order valence-electron chi connectivity index (χ2n) is 6.55. The Kier molecular flexibility index (Phi) is 4.71. The van der Waals surface area contributed by atoms with Crippen LogP contribution in [0.5, 0.6) is 0 Å². The van der Waals surface area contributed by atoms with E-state index in [2.05, 4.69) is 61.8 Å². The van der Waals surface area contributed by atoms with Gasteiger partial charge in [0.15, 0.2) is 0 Å². The third kappa shape index (κ3) is 3.12. The van der Waals surface area contributed by atoms with Crippen LogP contribution in [0.4, 0.5) is 11.6 Å². The highest BCUT2D eigenvalue weighted by atomic mass is 15.3. The summed E-state index contributed by atoms with van der Waals surface area (Å²) >= 11 is 0. The fourth-order valence-corrected chi connectivity index (χ4v) is 2.91. The summed E-state index contributed by atoms with van der Waals surface area (Å²) < 4.78 is 0. The molecule has 0 radical (unpaired) electrons.